The van der Waals surface area contributed by atoms with Gasteiger partial charge in [0.1, 0.15) is 0 Å². The Morgan fingerprint density at radius 2 is 1.13 bits per heavy atom. The maximum Gasteiger partial charge on any atom is 0.0378 e. The third kappa shape index (κ3) is 4.11. The van der Waals surface area contributed by atoms with E-state index in [1.54, 1.807) is 0 Å². The third-order valence-corrected chi connectivity index (χ3v) is 6.08. The lowest BCUT2D eigenvalue weighted by atomic mass is 9.69. The first-order valence-electron chi connectivity index (χ1n) is 10.2. The average molecular weight is 449 g/mol. The SMILES string of the molecule is Cc1cc(CC2(Cc3ccncc3)c3ccccc3-c3ccccc32)cc(C)n1.Cl.Cl. The number of aryl methyl sites for hydroxylation is 2. The van der Waals surface area contributed by atoms with E-state index >= 15 is 0 Å². The Hall–Kier alpha value is -2.68. The Labute approximate surface area is 196 Å². The van der Waals surface area contributed by atoms with Crippen molar-refractivity contribution in [1.82, 2.24) is 9.97 Å². The van der Waals surface area contributed by atoms with Crippen molar-refractivity contribution in [2.45, 2.75) is 32.1 Å². The highest BCUT2D eigenvalue weighted by Gasteiger charge is 2.43. The molecule has 0 atom stereocenters. The molecule has 0 aliphatic heterocycles. The number of hydrogen-bond acceptors (Lipinski definition) is 2. The van der Waals surface area contributed by atoms with Crippen molar-refractivity contribution in [3.8, 4) is 11.1 Å². The molecule has 1 aliphatic carbocycles. The first kappa shape index (κ1) is 23.0. The van der Waals surface area contributed by atoms with Crippen molar-refractivity contribution in [3.05, 3.63) is 119 Å². The summed E-state index contributed by atoms with van der Waals surface area (Å²) in [6, 6.07) is 26.6. The van der Waals surface area contributed by atoms with E-state index in [0.717, 1.165) is 24.2 Å². The van der Waals surface area contributed by atoms with Crippen molar-refractivity contribution in [1.29, 1.82) is 0 Å². The molecule has 31 heavy (non-hydrogen) atoms. The van der Waals surface area contributed by atoms with Crippen LogP contribution in [0.3, 0.4) is 0 Å². The van der Waals surface area contributed by atoms with E-state index in [9.17, 15) is 0 Å². The van der Waals surface area contributed by atoms with Gasteiger partial charge in [-0.1, -0.05) is 48.5 Å². The van der Waals surface area contributed by atoms with Crippen LogP contribution in [0, 0.1) is 13.8 Å². The molecule has 0 amide bonds. The van der Waals surface area contributed by atoms with Crippen molar-refractivity contribution in [2.75, 3.05) is 0 Å². The Balaban J connectivity index is 0.00000136. The molecule has 0 spiro atoms. The lowest BCUT2D eigenvalue weighted by Crippen LogP contribution is -2.31. The smallest absolute Gasteiger partial charge is 0.0378 e. The topological polar surface area (TPSA) is 25.8 Å². The summed E-state index contributed by atoms with van der Waals surface area (Å²) in [5, 5.41) is 0. The Morgan fingerprint density at radius 3 is 1.68 bits per heavy atom. The van der Waals surface area contributed by atoms with Crippen molar-refractivity contribution in [3.63, 3.8) is 0 Å². The first-order valence-corrected chi connectivity index (χ1v) is 10.2. The van der Waals surface area contributed by atoms with Gasteiger partial charge in [0.2, 0.25) is 0 Å². The van der Waals surface area contributed by atoms with E-state index in [4.69, 9.17) is 0 Å². The molecule has 5 rings (SSSR count). The van der Waals surface area contributed by atoms with Crippen LogP contribution < -0.4 is 0 Å². The monoisotopic (exact) mass is 448 g/mol. The first-order chi connectivity index (χ1) is 14.2. The van der Waals surface area contributed by atoms with Crippen LogP contribution >= 0.6 is 24.8 Å². The van der Waals surface area contributed by atoms with Crippen LogP contribution in [-0.2, 0) is 18.3 Å². The van der Waals surface area contributed by atoms with E-state index in [2.05, 4.69) is 96.6 Å². The highest BCUT2D eigenvalue weighted by Crippen LogP contribution is 2.52. The summed E-state index contributed by atoms with van der Waals surface area (Å²) in [5.41, 5.74) is 10.3. The second-order valence-corrected chi connectivity index (χ2v) is 8.14. The molecule has 4 aromatic rings. The molecular formula is C27H26Cl2N2. The van der Waals surface area contributed by atoms with Gasteiger partial charge in [0, 0.05) is 29.2 Å². The van der Waals surface area contributed by atoms with Crippen molar-refractivity contribution >= 4 is 24.8 Å². The molecule has 0 fully saturated rings. The van der Waals surface area contributed by atoms with Gasteiger partial charge in [-0.3, -0.25) is 9.97 Å². The summed E-state index contributed by atoms with van der Waals surface area (Å²) in [6.45, 7) is 4.17. The standard InChI is InChI=1S/C27H24N2.2ClH/c1-19-15-22(16-20(2)29-19)18-27(17-21-11-13-28-14-12-21)25-9-5-3-7-23(25)24-8-4-6-10-26(24)27;;/h3-16H,17-18H2,1-2H3;2*1H. The molecule has 2 aromatic heterocycles. The molecule has 0 bridgehead atoms. The van der Waals surface area contributed by atoms with E-state index in [1.165, 1.54) is 33.4 Å². The lowest BCUT2D eigenvalue weighted by molar-refractivity contribution is 0.519. The molecule has 1 aliphatic rings. The largest absolute Gasteiger partial charge is 0.265 e. The molecule has 2 heterocycles. The van der Waals surface area contributed by atoms with E-state index in [-0.39, 0.29) is 30.2 Å². The molecule has 0 saturated carbocycles. The Bertz CT molecular complexity index is 1120. The van der Waals surface area contributed by atoms with E-state index in [1.807, 2.05) is 12.4 Å². The molecule has 2 nitrogen and oxygen atoms in total. The van der Waals surface area contributed by atoms with Gasteiger partial charge in [-0.2, -0.15) is 0 Å². The second-order valence-electron chi connectivity index (χ2n) is 8.14. The van der Waals surface area contributed by atoms with Gasteiger partial charge in [-0.15, -0.1) is 24.8 Å². The number of pyridine rings is 2. The van der Waals surface area contributed by atoms with Crippen molar-refractivity contribution in [2.24, 2.45) is 0 Å². The maximum absolute atomic E-state index is 4.60. The summed E-state index contributed by atoms with van der Waals surface area (Å²) in [4.78, 5) is 8.83. The fraction of sp³-hybridized carbons (Fsp3) is 0.185. The number of aromatic nitrogens is 2. The van der Waals surface area contributed by atoms with Crippen LogP contribution in [0.1, 0.15) is 33.6 Å². The highest BCUT2D eigenvalue weighted by molar-refractivity contribution is 5.85. The average Bonchev–Trinajstić information content (AvgIpc) is 2.99. The van der Waals surface area contributed by atoms with E-state index < -0.39 is 0 Å². The molecule has 0 radical (unpaired) electrons. The second kappa shape index (κ2) is 9.21. The number of rotatable bonds is 4. The zero-order valence-electron chi connectivity index (χ0n) is 17.7. The molecule has 0 unspecified atom stereocenters. The molecular weight excluding hydrogens is 423 g/mol. The fourth-order valence-electron chi connectivity index (χ4n) is 5.08. The number of benzene rings is 2. The minimum atomic E-state index is -0.102. The predicted octanol–water partition coefficient (Wildman–Crippen LogP) is 6.69. The number of nitrogens with zero attached hydrogens (tertiary/aromatic N) is 2. The van der Waals surface area contributed by atoms with Crippen LogP contribution in [0.5, 0.6) is 0 Å². The number of halogens is 2. The predicted molar refractivity (Wildman–Crippen MR) is 133 cm³/mol. The Kier molecular flexibility index (Phi) is 6.83. The van der Waals surface area contributed by atoms with Crippen molar-refractivity contribution < 1.29 is 0 Å². The van der Waals surface area contributed by atoms with Crippen LogP contribution in [0.4, 0.5) is 0 Å². The van der Waals surface area contributed by atoms with E-state index in [0.29, 0.717) is 0 Å². The summed E-state index contributed by atoms with van der Waals surface area (Å²) in [6.07, 6.45) is 5.70. The molecule has 0 saturated heterocycles. The summed E-state index contributed by atoms with van der Waals surface area (Å²) >= 11 is 0. The number of hydrogen-bond donors (Lipinski definition) is 0. The van der Waals surface area contributed by atoms with Crippen LogP contribution in [0.2, 0.25) is 0 Å². The zero-order valence-corrected chi connectivity index (χ0v) is 19.3. The van der Waals surface area contributed by atoms with Gasteiger partial charge < -0.3 is 0 Å². The van der Waals surface area contributed by atoms with Gasteiger partial charge >= 0.3 is 0 Å². The summed E-state index contributed by atoms with van der Waals surface area (Å²) < 4.78 is 0. The minimum absolute atomic E-state index is 0. The molecule has 4 heteroatoms. The third-order valence-electron chi connectivity index (χ3n) is 6.08. The normalized spacial score (nSPS) is 12.8. The van der Waals surface area contributed by atoms with Gasteiger partial charge in [0.15, 0.2) is 0 Å². The van der Waals surface area contributed by atoms with Gasteiger partial charge in [0.05, 0.1) is 0 Å². The summed E-state index contributed by atoms with van der Waals surface area (Å²) in [7, 11) is 0. The maximum atomic E-state index is 4.60. The lowest BCUT2D eigenvalue weighted by Gasteiger charge is -2.33. The molecule has 2 aromatic carbocycles. The Morgan fingerprint density at radius 1 is 0.645 bits per heavy atom. The van der Waals surface area contributed by atoms with Gasteiger partial charge in [-0.25, -0.2) is 0 Å². The highest BCUT2D eigenvalue weighted by atomic mass is 35.5. The zero-order chi connectivity index (χ0) is 19.8. The quantitative estimate of drug-likeness (QED) is 0.347. The van der Waals surface area contributed by atoms with Crippen LogP contribution in [0.25, 0.3) is 11.1 Å². The number of fused-ring (bicyclic) bond motifs is 3. The van der Waals surface area contributed by atoms with Crippen LogP contribution in [-0.4, -0.2) is 9.97 Å². The van der Waals surface area contributed by atoms with Crippen LogP contribution in [0.15, 0.2) is 85.2 Å². The minimum Gasteiger partial charge on any atom is -0.265 e. The molecule has 158 valence electrons. The summed E-state index contributed by atoms with van der Waals surface area (Å²) in [5.74, 6) is 0. The fourth-order valence-corrected chi connectivity index (χ4v) is 5.08. The molecule has 0 N–H and O–H groups in total. The van der Waals surface area contributed by atoms with Gasteiger partial charge in [-0.05, 0) is 84.3 Å². The van der Waals surface area contributed by atoms with Gasteiger partial charge in [0.25, 0.3) is 0 Å².